The highest BCUT2D eigenvalue weighted by Crippen LogP contribution is 2.25. The maximum Gasteiger partial charge on any atom is 0.254 e. The first-order valence-electron chi connectivity index (χ1n) is 8.23. The van der Waals surface area contributed by atoms with Gasteiger partial charge in [-0.25, -0.2) is 0 Å². The fraction of sp³-hybridized carbons (Fsp3) is 0.350. The predicted octanol–water partition coefficient (Wildman–Crippen LogP) is 3.63. The lowest BCUT2D eigenvalue weighted by Gasteiger charge is -2.18. The van der Waals surface area contributed by atoms with Crippen molar-refractivity contribution in [3.05, 3.63) is 69.7 Å². The van der Waals surface area contributed by atoms with Crippen molar-refractivity contribution in [2.45, 2.75) is 26.4 Å². The van der Waals surface area contributed by atoms with Crippen molar-refractivity contribution in [1.82, 2.24) is 4.90 Å². The molecule has 0 saturated carbocycles. The van der Waals surface area contributed by atoms with Gasteiger partial charge in [0, 0.05) is 29.6 Å². The van der Waals surface area contributed by atoms with Crippen LogP contribution in [0.3, 0.4) is 0 Å². The number of amides is 1. The van der Waals surface area contributed by atoms with Gasteiger partial charge in [0.2, 0.25) is 0 Å². The van der Waals surface area contributed by atoms with Gasteiger partial charge < -0.3 is 10.0 Å². The number of nitrogens with zero attached hydrogens (tertiary/aromatic N) is 1. The number of aliphatic hydroxyl groups is 1. The standard InChI is InChI=1S/C20H22ClNO2/c1-13-6-7-14(2)18(8-13)20(24)22-11-16(19(23)12-22)9-15-4-3-5-17(21)10-15/h3-8,10,16,19,23H,9,11-12H2,1-2H3/t16-,19-/m1/s1. The van der Waals surface area contributed by atoms with Gasteiger partial charge in [0.25, 0.3) is 5.91 Å². The van der Waals surface area contributed by atoms with Crippen LogP contribution in [0.2, 0.25) is 5.02 Å². The van der Waals surface area contributed by atoms with Crippen molar-refractivity contribution in [2.75, 3.05) is 13.1 Å². The van der Waals surface area contributed by atoms with Crippen molar-refractivity contribution in [3.63, 3.8) is 0 Å². The van der Waals surface area contributed by atoms with Gasteiger partial charge in [0.05, 0.1) is 6.10 Å². The van der Waals surface area contributed by atoms with Crippen molar-refractivity contribution < 1.29 is 9.90 Å². The van der Waals surface area contributed by atoms with Crippen LogP contribution < -0.4 is 0 Å². The molecule has 0 aromatic heterocycles. The Balaban J connectivity index is 1.73. The van der Waals surface area contributed by atoms with Crippen LogP contribution in [0.15, 0.2) is 42.5 Å². The molecule has 1 N–H and O–H groups in total. The largest absolute Gasteiger partial charge is 0.391 e. The summed E-state index contributed by atoms with van der Waals surface area (Å²) in [6.45, 7) is 4.89. The number of likely N-dealkylation sites (tertiary alicyclic amines) is 1. The van der Waals surface area contributed by atoms with E-state index in [1.165, 1.54) is 0 Å². The molecule has 1 fully saturated rings. The summed E-state index contributed by atoms with van der Waals surface area (Å²) < 4.78 is 0. The molecule has 0 spiro atoms. The van der Waals surface area contributed by atoms with Crippen LogP contribution in [0, 0.1) is 19.8 Å². The molecule has 126 valence electrons. The monoisotopic (exact) mass is 343 g/mol. The zero-order chi connectivity index (χ0) is 17.3. The molecule has 1 heterocycles. The highest BCUT2D eigenvalue weighted by Gasteiger charge is 2.34. The normalized spacial score (nSPS) is 20.4. The highest BCUT2D eigenvalue weighted by molar-refractivity contribution is 6.30. The minimum absolute atomic E-state index is 0.00356. The molecule has 4 heteroatoms. The fourth-order valence-electron chi connectivity index (χ4n) is 3.32. The fourth-order valence-corrected chi connectivity index (χ4v) is 3.54. The Labute approximate surface area is 147 Å². The van der Waals surface area contributed by atoms with Gasteiger partial charge in [-0.05, 0) is 49.6 Å². The molecule has 2 aromatic carbocycles. The van der Waals surface area contributed by atoms with Crippen LogP contribution in [0.4, 0.5) is 0 Å². The van der Waals surface area contributed by atoms with Gasteiger partial charge in [-0.2, -0.15) is 0 Å². The Hall–Kier alpha value is -1.84. The maximum atomic E-state index is 12.8. The predicted molar refractivity (Wildman–Crippen MR) is 96.5 cm³/mol. The molecule has 3 nitrogen and oxygen atoms in total. The first-order chi connectivity index (χ1) is 11.4. The molecular formula is C20H22ClNO2. The summed E-state index contributed by atoms with van der Waals surface area (Å²) in [6.07, 6.45) is 0.219. The van der Waals surface area contributed by atoms with Crippen molar-refractivity contribution >= 4 is 17.5 Å². The van der Waals surface area contributed by atoms with E-state index in [1.807, 2.05) is 56.3 Å². The number of carbonyl (C=O) groups excluding carboxylic acids is 1. The summed E-state index contributed by atoms with van der Waals surface area (Å²) in [6, 6.07) is 13.6. The molecule has 24 heavy (non-hydrogen) atoms. The molecule has 1 amide bonds. The molecule has 1 saturated heterocycles. The Bertz CT molecular complexity index is 759. The van der Waals surface area contributed by atoms with Crippen molar-refractivity contribution in [2.24, 2.45) is 5.92 Å². The molecule has 0 bridgehead atoms. The van der Waals surface area contributed by atoms with E-state index in [0.29, 0.717) is 18.1 Å². The van der Waals surface area contributed by atoms with Gasteiger partial charge in [0.15, 0.2) is 0 Å². The Morgan fingerprint density at radius 1 is 1.21 bits per heavy atom. The van der Waals surface area contributed by atoms with Crippen molar-refractivity contribution in [3.8, 4) is 0 Å². The molecule has 2 aromatic rings. The van der Waals surface area contributed by atoms with Crippen LogP contribution in [0.5, 0.6) is 0 Å². The van der Waals surface area contributed by atoms with Crippen LogP contribution in [-0.4, -0.2) is 35.1 Å². The SMILES string of the molecule is Cc1ccc(C)c(C(=O)N2C[C@@H](Cc3cccc(Cl)c3)[C@H](O)C2)c1. The highest BCUT2D eigenvalue weighted by atomic mass is 35.5. The third-order valence-corrected chi connectivity index (χ3v) is 4.94. The maximum absolute atomic E-state index is 12.8. The minimum Gasteiger partial charge on any atom is -0.391 e. The van der Waals surface area contributed by atoms with E-state index in [4.69, 9.17) is 11.6 Å². The summed E-state index contributed by atoms with van der Waals surface area (Å²) in [4.78, 5) is 14.6. The average molecular weight is 344 g/mol. The molecule has 1 aliphatic heterocycles. The van der Waals surface area contributed by atoms with Gasteiger partial charge >= 0.3 is 0 Å². The third kappa shape index (κ3) is 3.63. The molecule has 1 aliphatic rings. The van der Waals surface area contributed by atoms with Crippen LogP contribution in [0.1, 0.15) is 27.0 Å². The van der Waals surface area contributed by atoms with E-state index in [-0.39, 0.29) is 11.8 Å². The van der Waals surface area contributed by atoms with E-state index in [0.717, 1.165) is 28.7 Å². The number of aliphatic hydroxyl groups excluding tert-OH is 1. The second-order valence-electron chi connectivity index (χ2n) is 6.69. The molecule has 3 rings (SSSR count). The summed E-state index contributed by atoms with van der Waals surface area (Å²) in [5.41, 5.74) is 3.86. The number of benzene rings is 2. The summed E-state index contributed by atoms with van der Waals surface area (Å²) >= 11 is 6.03. The Kier molecular flexibility index (Phi) is 4.93. The molecule has 0 radical (unpaired) electrons. The van der Waals surface area contributed by atoms with E-state index in [9.17, 15) is 9.90 Å². The Morgan fingerprint density at radius 2 is 2.00 bits per heavy atom. The van der Waals surface area contributed by atoms with Crippen LogP contribution >= 0.6 is 11.6 Å². The average Bonchev–Trinajstić information content (AvgIpc) is 2.90. The first-order valence-corrected chi connectivity index (χ1v) is 8.61. The first kappa shape index (κ1) is 17.0. The van der Waals surface area contributed by atoms with Gasteiger partial charge in [-0.3, -0.25) is 4.79 Å². The van der Waals surface area contributed by atoms with E-state index in [2.05, 4.69) is 0 Å². The van der Waals surface area contributed by atoms with Crippen LogP contribution in [0.25, 0.3) is 0 Å². The smallest absolute Gasteiger partial charge is 0.254 e. The summed E-state index contributed by atoms with van der Waals surface area (Å²) in [5, 5.41) is 11.1. The van der Waals surface area contributed by atoms with E-state index < -0.39 is 6.10 Å². The number of halogens is 1. The molecular weight excluding hydrogens is 322 g/mol. The number of hydrogen-bond donors (Lipinski definition) is 1. The summed E-state index contributed by atoms with van der Waals surface area (Å²) in [5.74, 6) is 0.0429. The number of rotatable bonds is 3. The Morgan fingerprint density at radius 3 is 2.75 bits per heavy atom. The lowest BCUT2D eigenvalue weighted by Crippen LogP contribution is -2.30. The van der Waals surface area contributed by atoms with Gasteiger partial charge in [-0.1, -0.05) is 41.4 Å². The molecule has 0 unspecified atom stereocenters. The van der Waals surface area contributed by atoms with E-state index in [1.54, 1.807) is 4.90 Å². The topological polar surface area (TPSA) is 40.5 Å². The molecule has 0 aliphatic carbocycles. The van der Waals surface area contributed by atoms with E-state index >= 15 is 0 Å². The van der Waals surface area contributed by atoms with Crippen molar-refractivity contribution in [1.29, 1.82) is 0 Å². The quantitative estimate of drug-likeness (QED) is 0.924. The second-order valence-corrected chi connectivity index (χ2v) is 7.13. The number of carbonyl (C=O) groups is 1. The van der Waals surface area contributed by atoms with Gasteiger partial charge in [0.1, 0.15) is 0 Å². The minimum atomic E-state index is -0.502. The third-order valence-electron chi connectivity index (χ3n) is 4.70. The second kappa shape index (κ2) is 6.96. The lowest BCUT2D eigenvalue weighted by molar-refractivity contribution is 0.0764. The molecule has 2 atom stereocenters. The number of aryl methyl sites for hydroxylation is 2. The zero-order valence-corrected chi connectivity index (χ0v) is 14.8. The zero-order valence-electron chi connectivity index (χ0n) is 14.0. The number of hydrogen-bond acceptors (Lipinski definition) is 2. The summed E-state index contributed by atoms with van der Waals surface area (Å²) in [7, 11) is 0. The van der Waals surface area contributed by atoms with Gasteiger partial charge in [-0.15, -0.1) is 0 Å². The van der Waals surface area contributed by atoms with Crippen LogP contribution in [-0.2, 0) is 6.42 Å². The number of β-amino-alcohol motifs (C(OH)–C–C–N with tert-alkyl or cyclic N) is 1. The lowest BCUT2D eigenvalue weighted by atomic mass is 9.97.